The fraction of sp³-hybridized carbons (Fsp3) is 0.786. The Labute approximate surface area is 171 Å². The molecule has 33 heavy (non-hydrogen) atoms. The first-order valence-corrected chi connectivity index (χ1v) is 7.97. The highest BCUT2D eigenvalue weighted by molar-refractivity contribution is 5.14. The second kappa shape index (κ2) is 7.51. The Balaban J connectivity index is 3.68. The minimum Gasteiger partial charge on any atom is -0.235 e. The van der Waals surface area contributed by atoms with Crippen molar-refractivity contribution in [2.45, 2.75) is 67.6 Å². The van der Waals surface area contributed by atoms with Gasteiger partial charge < -0.3 is 0 Å². The first-order chi connectivity index (χ1) is 14.2. The summed E-state index contributed by atoms with van der Waals surface area (Å²) in [5.74, 6) is -49.9. The van der Waals surface area contributed by atoms with Crippen molar-refractivity contribution in [1.29, 1.82) is 0 Å². The second-order valence-corrected chi connectivity index (χ2v) is 6.85. The Bertz CT molecular complexity index is 848. The SMILES string of the molecule is CC(C)[n+]1ccn(C(F)(F)C(F)(F)C(F)(F)C(F)(F)C(F)(F)C(F)(F)C(F)(F)C(F)(F)F)c1. The molecule has 1 aromatic heterocycles. The van der Waals surface area contributed by atoms with Crippen LogP contribution >= 0.6 is 0 Å². The number of aromatic nitrogens is 2. The molecule has 0 atom stereocenters. The first-order valence-electron chi connectivity index (χ1n) is 7.97. The van der Waals surface area contributed by atoms with E-state index in [4.69, 9.17) is 0 Å². The zero-order valence-electron chi connectivity index (χ0n) is 15.6. The molecule has 0 bridgehead atoms. The number of hydrogen-bond acceptors (Lipinski definition) is 0. The molecule has 1 aromatic rings. The summed E-state index contributed by atoms with van der Waals surface area (Å²) >= 11 is 0. The molecule has 194 valence electrons. The number of imidazole rings is 1. The molecule has 0 spiro atoms. The van der Waals surface area contributed by atoms with Gasteiger partial charge in [0.05, 0.1) is 6.04 Å². The summed E-state index contributed by atoms with van der Waals surface area (Å²) in [6.45, 7) is 2.40. The van der Waals surface area contributed by atoms with E-state index >= 15 is 0 Å². The van der Waals surface area contributed by atoms with Crippen molar-refractivity contribution in [3.8, 4) is 0 Å². The van der Waals surface area contributed by atoms with Crippen LogP contribution in [0.1, 0.15) is 19.9 Å². The van der Waals surface area contributed by atoms with E-state index in [0.29, 0.717) is 10.8 Å². The van der Waals surface area contributed by atoms with E-state index in [-0.39, 0.29) is 12.5 Å². The Morgan fingerprint density at radius 1 is 0.545 bits per heavy atom. The highest BCUT2D eigenvalue weighted by Gasteiger charge is 2.96. The molecular weight excluding hydrogens is 519 g/mol. The zero-order chi connectivity index (χ0) is 26.9. The van der Waals surface area contributed by atoms with Crippen LogP contribution in [-0.2, 0) is 6.05 Å². The van der Waals surface area contributed by atoms with Crippen LogP contribution in [0.5, 0.6) is 0 Å². The lowest BCUT2D eigenvalue weighted by atomic mass is 9.90. The molecule has 0 amide bonds. The van der Waals surface area contributed by atoms with Crippen molar-refractivity contribution in [2.75, 3.05) is 0 Å². The predicted octanol–water partition coefficient (Wildman–Crippen LogP) is 6.28. The fourth-order valence-corrected chi connectivity index (χ4v) is 2.16. The lowest BCUT2D eigenvalue weighted by Gasteiger charge is -2.42. The standard InChI is InChI=1S/C14H10F17N2/c1-6(2)32-3-4-33(5-32)14(30,31)12(25,26)10(21,22)8(17,18)7(15,16)9(19,20)11(23,24)13(27,28)29/h3-6H,1-2H3/q+1. The van der Waals surface area contributed by atoms with Gasteiger partial charge >= 0.3 is 47.8 Å². The fourth-order valence-electron chi connectivity index (χ4n) is 2.16. The van der Waals surface area contributed by atoms with Crippen LogP contribution in [-0.4, -0.2) is 46.3 Å². The lowest BCUT2D eigenvalue weighted by molar-refractivity contribution is -0.716. The van der Waals surface area contributed by atoms with Gasteiger partial charge in [0, 0.05) is 0 Å². The summed E-state index contributed by atoms with van der Waals surface area (Å²) in [6.07, 6.45) is -7.55. The molecule has 0 N–H and O–H groups in total. The highest BCUT2D eigenvalue weighted by atomic mass is 19.4. The quantitative estimate of drug-likeness (QED) is 0.277. The molecule has 0 aliphatic heterocycles. The number of halogens is 17. The number of nitrogens with zero attached hydrogens (tertiary/aromatic N) is 2. The van der Waals surface area contributed by atoms with Crippen LogP contribution in [0.4, 0.5) is 74.6 Å². The van der Waals surface area contributed by atoms with Crippen molar-refractivity contribution in [3.63, 3.8) is 0 Å². The number of hydrogen-bond donors (Lipinski definition) is 0. The molecule has 0 aromatic carbocycles. The van der Waals surface area contributed by atoms with E-state index < -0.39 is 58.4 Å². The van der Waals surface area contributed by atoms with Crippen LogP contribution < -0.4 is 4.57 Å². The van der Waals surface area contributed by atoms with Crippen LogP contribution in [0.3, 0.4) is 0 Å². The average Bonchev–Trinajstić information content (AvgIpc) is 3.10. The minimum absolute atomic E-state index is 0.114. The van der Waals surface area contributed by atoms with Gasteiger partial charge in [0.2, 0.25) is 6.33 Å². The zero-order valence-corrected chi connectivity index (χ0v) is 15.6. The van der Waals surface area contributed by atoms with E-state index in [9.17, 15) is 74.6 Å². The van der Waals surface area contributed by atoms with Crippen LogP contribution in [0.15, 0.2) is 18.7 Å². The van der Waals surface area contributed by atoms with Gasteiger partial charge in [-0.2, -0.15) is 79.2 Å². The monoisotopic (exact) mass is 529 g/mol. The summed E-state index contributed by atoms with van der Waals surface area (Å²) in [6, 6.07) is -7.47. The Morgan fingerprint density at radius 2 is 0.879 bits per heavy atom. The van der Waals surface area contributed by atoms with Crippen molar-refractivity contribution in [3.05, 3.63) is 18.7 Å². The largest absolute Gasteiger partial charge is 0.469 e. The third-order valence-electron chi connectivity index (χ3n) is 4.28. The molecule has 1 heterocycles. The Hall–Kier alpha value is -1.98. The van der Waals surface area contributed by atoms with E-state index in [1.807, 2.05) is 0 Å². The molecule has 0 fully saturated rings. The van der Waals surface area contributed by atoms with Gasteiger partial charge in [0.1, 0.15) is 12.4 Å². The molecule has 0 aliphatic rings. The van der Waals surface area contributed by atoms with E-state index in [1.165, 1.54) is 13.8 Å². The summed E-state index contributed by atoms with van der Waals surface area (Å²) in [5.41, 5.74) is 0. The predicted molar refractivity (Wildman–Crippen MR) is 70.9 cm³/mol. The second-order valence-electron chi connectivity index (χ2n) is 6.85. The van der Waals surface area contributed by atoms with Gasteiger partial charge in [0.15, 0.2) is 0 Å². The summed E-state index contributed by atoms with van der Waals surface area (Å²) < 4.78 is 224. The molecule has 0 saturated carbocycles. The van der Waals surface area contributed by atoms with Gasteiger partial charge in [0.25, 0.3) is 0 Å². The minimum atomic E-state index is -8.63. The molecule has 1 rings (SSSR count). The average molecular weight is 529 g/mol. The van der Waals surface area contributed by atoms with E-state index in [1.54, 1.807) is 0 Å². The maximum Gasteiger partial charge on any atom is 0.469 e. The van der Waals surface area contributed by atoms with E-state index in [2.05, 4.69) is 0 Å². The maximum absolute atomic E-state index is 14.0. The third-order valence-corrected chi connectivity index (χ3v) is 4.28. The Kier molecular flexibility index (Phi) is 6.61. The summed E-state index contributed by atoms with van der Waals surface area (Å²) in [7, 11) is 0. The molecule has 0 unspecified atom stereocenters. The van der Waals surface area contributed by atoms with E-state index in [0.717, 1.165) is 0 Å². The molecule has 19 heteroatoms. The molecule has 0 saturated heterocycles. The van der Waals surface area contributed by atoms with Gasteiger partial charge in [-0.1, -0.05) is 0 Å². The van der Waals surface area contributed by atoms with Gasteiger partial charge in [-0.15, -0.1) is 0 Å². The molecule has 0 radical (unpaired) electrons. The first kappa shape index (κ1) is 29.1. The topological polar surface area (TPSA) is 8.81 Å². The summed E-state index contributed by atoms with van der Waals surface area (Å²) in [5, 5.41) is 0. The van der Waals surface area contributed by atoms with Gasteiger partial charge in [-0.3, -0.25) is 0 Å². The number of rotatable bonds is 8. The normalized spacial score (nSPS) is 16.0. The van der Waals surface area contributed by atoms with Crippen LogP contribution in [0.25, 0.3) is 0 Å². The van der Waals surface area contributed by atoms with Gasteiger partial charge in [-0.25, -0.2) is 4.57 Å². The smallest absolute Gasteiger partial charge is 0.235 e. The van der Waals surface area contributed by atoms with Crippen molar-refractivity contribution < 1.29 is 79.2 Å². The third kappa shape index (κ3) is 3.68. The summed E-state index contributed by atoms with van der Waals surface area (Å²) in [4.78, 5) is 0. The van der Waals surface area contributed by atoms with Crippen LogP contribution in [0.2, 0.25) is 0 Å². The van der Waals surface area contributed by atoms with Crippen molar-refractivity contribution in [1.82, 2.24) is 4.57 Å². The number of alkyl halides is 17. The van der Waals surface area contributed by atoms with Crippen LogP contribution in [0, 0.1) is 0 Å². The molecular formula is C14H10F17N2+. The Morgan fingerprint density at radius 3 is 1.18 bits per heavy atom. The van der Waals surface area contributed by atoms with Crippen molar-refractivity contribution >= 4 is 0 Å². The molecule has 2 nitrogen and oxygen atoms in total. The van der Waals surface area contributed by atoms with Gasteiger partial charge in [-0.05, 0) is 13.8 Å². The maximum atomic E-state index is 14.0. The lowest BCUT2D eigenvalue weighted by Crippen LogP contribution is -2.74. The highest BCUT2D eigenvalue weighted by Crippen LogP contribution is 2.64. The molecule has 0 aliphatic carbocycles. The van der Waals surface area contributed by atoms with Crippen molar-refractivity contribution in [2.24, 2.45) is 0 Å².